The van der Waals surface area contributed by atoms with Crippen molar-refractivity contribution < 1.29 is 9.53 Å². The number of hydrogen-bond donors (Lipinski definition) is 2. The molecule has 0 radical (unpaired) electrons. The molecule has 0 bridgehead atoms. The predicted octanol–water partition coefficient (Wildman–Crippen LogP) is 2.01. The Balaban J connectivity index is 2.03. The molecule has 0 saturated carbocycles. The average Bonchev–Trinajstić information content (AvgIpc) is 2.43. The van der Waals surface area contributed by atoms with Crippen molar-refractivity contribution in [2.75, 3.05) is 33.4 Å². The Kier molecular flexibility index (Phi) is 9.04. The molecule has 0 aliphatic heterocycles. The van der Waals surface area contributed by atoms with Crippen molar-refractivity contribution in [3.63, 3.8) is 0 Å². The lowest BCUT2D eigenvalue weighted by Crippen LogP contribution is -2.29. The second kappa shape index (κ2) is 10.7. The number of ether oxygens (including phenoxy) is 1. The average molecular weight is 299 g/mol. The fourth-order valence-corrected chi connectivity index (χ4v) is 2.01. The van der Waals surface area contributed by atoms with Crippen LogP contribution in [0.5, 0.6) is 0 Å². The molecule has 5 heteroatoms. The second-order valence-corrected chi connectivity index (χ2v) is 5.01. The van der Waals surface area contributed by atoms with Crippen molar-refractivity contribution in [2.45, 2.75) is 19.3 Å². The van der Waals surface area contributed by atoms with Gasteiger partial charge in [0.15, 0.2) is 0 Å². The molecule has 1 rings (SSSR count). The first kappa shape index (κ1) is 17.0. The maximum atomic E-state index is 11.6. The lowest BCUT2D eigenvalue weighted by Gasteiger charge is -2.07. The SMILES string of the molecule is COCCCNCCC(=O)NCCc1cccc(Cl)c1. The van der Waals surface area contributed by atoms with Gasteiger partial charge in [-0.2, -0.15) is 0 Å². The Labute approximate surface area is 125 Å². The van der Waals surface area contributed by atoms with E-state index in [2.05, 4.69) is 10.6 Å². The zero-order chi connectivity index (χ0) is 14.6. The van der Waals surface area contributed by atoms with Gasteiger partial charge in [0.05, 0.1) is 0 Å². The zero-order valence-electron chi connectivity index (χ0n) is 12.0. The number of hydrogen-bond acceptors (Lipinski definition) is 3. The quantitative estimate of drug-likeness (QED) is 0.650. The minimum atomic E-state index is 0.0752. The molecule has 1 amide bonds. The number of benzene rings is 1. The van der Waals surface area contributed by atoms with E-state index in [1.165, 1.54) is 0 Å². The van der Waals surface area contributed by atoms with E-state index in [0.29, 0.717) is 19.5 Å². The third kappa shape index (κ3) is 8.15. The Bertz CT molecular complexity index is 399. The fraction of sp³-hybridized carbons (Fsp3) is 0.533. The number of carbonyl (C=O) groups excluding carboxylic acids is 1. The molecule has 0 spiro atoms. The first-order chi connectivity index (χ1) is 9.72. The molecule has 0 unspecified atom stereocenters. The van der Waals surface area contributed by atoms with E-state index >= 15 is 0 Å². The summed E-state index contributed by atoms with van der Waals surface area (Å²) in [5, 5.41) is 6.84. The summed E-state index contributed by atoms with van der Waals surface area (Å²) >= 11 is 5.90. The van der Waals surface area contributed by atoms with E-state index in [1.807, 2.05) is 24.3 Å². The summed E-state index contributed by atoms with van der Waals surface area (Å²) in [4.78, 5) is 11.6. The lowest BCUT2D eigenvalue weighted by atomic mass is 10.1. The molecule has 1 aromatic rings. The van der Waals surface area contributed by atoms with Crippen molar-refractivity contribution in [2.24, 2.45) is 0 Å². The highest BCUT2D eigenvalue weighted by atomic mass is 35.5. The largest absolute Gasteiger partial charge is 0.385 e. The number of nitrogens with one attached hydrogen (secondary N) is 2. The van der Waals surface area contributed by atoms with E-state index in [9.17, 15) is 4.79 Å². The van der Waals surface area contributed by atoms with Crippen molar-refractivity contribution in [3.8, 4) is 0 Å². The molecule has 0 fully saturated rings. The van der Waals surface area contributed by atoms with Crippen LogP contribution in [-0.2, 0) is 16.0 Å². The van der Waals surface area contributed by atoms with Gasteiger partial charge in [0.1, 0.15) is 0 Å². The van der Waals surface area contributed by atoms with Crippen LogP contribution in [0.3, 0.4) is 0 Å². The minimum Gasteiger partial charge on any atom is -0.385 e. The number of halogens is 1. The highest BCUT2D eigenvalue weighted by Gasteiger charge is 2.00. The number of methoxy groups -OCH3 is 1. The summed E-state index contributed by atoms with van der Waals surface area (Å²) in [6, 6.07) is 7.70. The van der Waals surface area contributed by atoms with Crippen molar-refractivity contribution in [1.82, 2.24) is 10.6 Å². The fourth-order valence-electron chi connectivity index (χ4n) is 1.80. The van der Waals surface area contributed by atoms with Crippen LogP contribution in [0.1, 0.15) is 18.4 Å². The lowest BCUT2D eigenvalue weighted by molar-refractivity contribution is -0.120. The third-order valence-corrected chi connectivity index (χ3v) is 3.09. The van der Waals surface area contributed by atoms with Gasteiger partial charge >= 0.3 is 0 Å². The predicted molar refractivity (Wildman–Crippen MR) is 82.1 cm³/mol. The summed E-state index contributed by atoms with van der Waals surface area (Å²) in [7, 11) is 1.69. The van der Waals surface area contributed by atoms with Gasteiger partial charge in [0.2, 0.25) is 5.91 Å². The van der Waals surface area contributed by atoms with Gasteiger partial charge < -0.3 is 15.4 Å². The first-order valence-electron chi connectivity index (χ1n) is 6.93. The summed E-state index contributed by atoms with van der Waals surface area (Å²) in [5.41, 5.74) is 1.13. The minimum absolute atomic E-state index is 0.0752. The van der Waals surface area contributed by atoms with Gasteiger partial charge in [0.25, 0.3) is 0 Å². The molecule has 112 valence electrons. The summed E-state index contributed by atoms with van der Waals surface area (Å²) in [6.45, 7) is 2.97. The van der Waals surface area contributed by atoms with Crippen molar-refractivity contribution in [3.05, 3.63) is 34.9 Å². The molecule has 0 aliphatic rings. The zero-order valence-corrected chi connectivity index (χ0v) is 12.7. The summed E-state index contributed by atoms with van der Waals surface area (Å²) in [5.74, 6) is 0.0752. The van der Waals surface area contributed by atoms with Crippen LogP contribution in [0.25, 0.3) is 0 Å². The molecule has 20 heavy (non-hydrogen) atoms. The maximum absolute atomic E-state index is 11.6. The van der Waals surface area contributed by atoms with Crippen molar-refractivity contribution in [1.29, 1.82) is 0 Å². The Morgan fingerprint density at radius 1 is 1.30 bits per heavy atom. The Hall–Kier alpha value is -1.10. The van der Waals surface area contributed by atoms with Crippen LogP contribution in [0.2, 0.25) is 5.02 Å². The van der Waals surface area contributed by atoms with E-state index in [1.54, 1.807) is 7.11 Å². The summed E-state index contributed by atoms with van der Waals surface area (Å²) in [6.07, 6.45) is 2.27. The van der Waals surface area contributed by atoms with Gasteiger partial charge in [0, 0.05) is 38.2 Å². The normalized spacial score (nSPS) is 10.5. The number of amides is 1. The molecular formula is C15H23ClN2O2. The number of rotatable bonds is 10. The Morgan fingerprint density at radius 3 is 2.90 bits per heavy atom. The van der Waals surface area contributed by atoms with Gasteiger partial charge in [-0.3, -0.25) is 4.79 Å². The van der Waals surface area contributed by atoms with E-state index in [0.717, 1.165) is 36.6 Å². The van der Waals surface area contributed by atoms with Gasteiger partial charge in [-0.05, 0) is 37.1 Å². The van der Waals surface area contributed by atoms with Crippen LogP contribution < -0.4 is 10.6 Å². The van der Waals surface area contributed by atoms with Crippen LogP contribution in [0.15, 0.2) is 24.3 Å². The van der Waals surface area contributed by atoms with Crippen LogP contribution >= 0.6 is 11.6 Å². The first-order valence-corrected chi connectivity index (χ1v) is 7.31. The van der Waals surface area contributed by atoms with Gasteiger partial charge in [-0.25, -0.2) is 0 Å². The topological polar surface area (TPSA) is 50.4 Å². The number of carbonyl (C=O) groups is 1. The highest BCUT2D eigenvalue weighted by Crippen LogP contribution is 2.10. The molecule has 1 aromatic carbocycles. The van der Waals surface area contributed by atoms with Gasteiger partial charge in [-0.1, -0.05) is 23.7 Å². The molecular weight excluding hydrogens is 276 g/mol. The van der Waals surface area contributed by atoms with Crippen LogP contribution in [0, 0.1) is 0 Å². The van der Waals surface area contributed by atoms with Crippen molar-refractivity contribution >= 4 is 17.5 Å². The van der Waals surface area contributed by atoms with Crippen LogP contribution in [-0.4, -0.2) is 39.3 Å². The Morgan fingerprint density at radius 2 is 2.15 bits per heavy atom. The summed E-state index contributed by atoms with van der Waals surface area (Å²) < 4.78 is 4.94. The third-order valence-electron chi connectivity index (χ3n) is 2.86. The monoisotopic (exact) mass is 298 g/mol. The molecule has 0 atom stereocenters. The smallest absolute Gasteiger partial charge is 0.221 e. The molecule has 4 nitrogen and oxygen atoms in total. The molecule has 0 aromatic heterocycles. The molecule has 2 N–H and O–H groups in total. The van der Waals surface area contributed by atoms with E-state index in [-0.39, 0.29) is 5.91 Å². The van der Waals surface area contributed by atoms with E-state index < -0.39 is 0 Å². The molecule has 0 saturated heterocycles. The maximum Gasteiger partial charge on any atom is 0.221 e. The highest BCUT2D eigenvalue weighted by molar-refractivity contribution is 6.30. The van der Waals surface area contributed by atoms with Crippen LogP contribution in [0.4, 0.5) is 0 Å². The van der Waals surface area contributed by atoms with E-state index in [4.69, 9.17) is 16.3 Å². The molecule has 0 heterocycles. The second-order valence-electron chi connectivity index (χ2n) is 4.58. The standard InChI is InChI=1S/C15H23ClN2O2/c1-20-11-3-8-17-9-7-15(19)18-10-6-13-4-2-5-14(16)12-13/h2,4-5,12,17H,3,6-11H2,1H3,(H,18,19). The van der Waals surface area contributed by atoms with Gasteiger partial charge in [-0.15, -0.1) is 0 Å². The molecule has 0 aliphatic carbocycles.